The van der Waals surface area contributed by atoms with Gasteiger partial charge >= 0.3 is 0 Å². The second kappa shape index (κ2) is 6.06. The van der Waals surface area contributed by atoms with Crippen molar-refractivity contribution in [3.05, 3.63) is 44.7 Å². The lowest BCUT2D eigenvalue weighted by Gasteiger charge is -2.10. The summed E-state index contributed by atoms with van der Waals surface area (Å²) < 4.78 is 6.35. The van der Waals surface area contributed by atoms with Crippen LogP contribution < -0.4 is 4.74 Å². The minimum Gasteiger partial charge on any atom is -0.437 e. The predicted molar refractivity (Wildman–Crippen MR) is 75.8 cm³/mol. The lowest BCUT2D eigenvalue weighted by Crippen LogP contribution is -1.96. The highest BCUT2D eigenvalue weighted by atomic mass is 79.9. The van der Waals surface area contributed by atoms with Gasteiger partial charge in [-0.3, -0.25) is 0 Å². The molecule has 3 nitrogen and oxygen atoms in total. The molecule has 0 saturated carbocycles. The largest absolute Gasteiger partial charge is 0.437 e. The van der Waals surface area contributed by atoms with Crippen molar-refractivity contribution < 1.29 is 4.74 Å². The Kier molecular flexibility index (Phi) is 4.67. The highest BCUT2D eigenvalue weighted by Gasteiger charge is 2.12. The van der Waals surface area contributed by atoms with E-state index in [1.165, 1.54) is 6.33 Å². The van der Waals surface area contributed by atoms with E-state index in [2.05, 4.69) is 25.9 Å². The van der Waals surface area contributed by atoms with Gasteiger partial charge in [0.2, 0.25) is 5.88 Å². The van der Waals surface area contributed by atoms with Crippen LogP contribution in [0.1, 0.15) is 5.56 Å². The van der Waals surface area contributed by atoms with Crippen molar-refractivity contribution in [3.8, 4) is 11.6 Å². The lowest BCUT2D eigenvalue weighted by atomic mass is 10.3. The fourth-order valence-corrected chi connectivity index (χ4v) is 2.50. The zero-order valence-electron chi connectivity index (χ0n) is 8.83. The number of hydrogen-bond donors (Lipinski definition) is 0. The molecule has 0 aliphatic carbocycles. The van der Waals surface area contributed by atoms with Gasteiger partial charge in [-0.1, -0.05) is 23.2 Å². The zero-order valence-corrected chi connectivity index (χ0v) is 12.7. The molecular weight excluding hydrogens is 362 g/mol. The normalized spacial score (nSPS) is 10.4. The van der Waals surface area contributed by atoms with Crippen molar-refractivity contribution in [3.63, 3.8) is 0 Å². The van der Waals surface area contributed by atoms with Crippen molar-refractivity contribution in [1.29, 1.82) is 0 Å². The smallest absolute Gasteiger partial charge is 0.228 e. The summed E-state index contributed by atoms with van der Waals surface area (Å²) in [4.78, 5) is 7.86. The van der Waals surface area contributed by atoms with Gasteiger partial charge in [-0.05, 0) is 34.1 Å². The third kappa shape index (κ3) is 3.06. The SMILES string of the molecule is ClCc1c(Cl)ncnc1Oc1ccc(Cl)cc1Br. The van der Waals surface area contributed by atoms with Crippen LogP contribution in [0.3, 0.4) is 0 Å². The summed E-state index contributed by atoms with van der Waals surface area (Å²) in [5.41, 5.74) is 0.544. The lowest BCUT2D eigenvalue weighted by molar-refractivity contribution is 0.454. The van der Waals surface area contributed by atoms with Gasteiger partial charge in [-0.2, -0.15) is 0 Å². The molecule has 18 heavy (non-hydrogen) atoms. The Morgan fingerprint density at radius 2 is 2.00 bits per heavy atom. The van der Waals surface area contributed by atoms with Gasteiger partial charge in [-0.15, -0.1) is 11.6 Å². The Labute approximate surface area is 127 Å². The van der Waals surface area contributed by atoms with E-state index in [0.29, 0.717) is 26.7 Å². The molecule has 1 aromatic carbocycles. The van der Waals surface area contributed by atoms with E-state index in [4.69, 9.17) is 39.5 Å². The van der Waals surface area contributed by atoms with Crippen LogP contribution in [0.2, 0.25) is 10.2 Å². The van der Waals surface area contributed by atoms with Gasteiger partial charge in [0.15, 0.2) is 0 Å². The Morgan fingerprint density at radius 1 is 1.22 bits per heavy atom. The molecule has 0 fully saturated rings. The molecule has 0 amide bonds. The fraction of sp³-hybridized carbons (Fsp3) is 0.0909. The minimum absolute atomic E-state index is 0.167. The summed E-state index contributed by atoms with van der Waals surface area (Å²) in [6.07, 6.45) is 1.32. The number of hydrogen-bond acceptors (Lipinski definition) is 3. The molecule has 0 aliphatic rings. The molecule has 0 N–H and O–H groups in total. The number of benzene rings is 1. The van der Waals surface area contributed by atoms with Crippen molar-refractivity contribution >= 4 is 50.7 Å². The number of alkyl halides is 1. The van der Waals surface area contributed by atoms with E-state index in [-0.39, 0.29) is 11.0 Å². The minimum atomic E-state index is 0.167. The average Bonchev–Trinajstić information content (AvgIpc) is 2.33. The molecule has 0 aliphatic heterocycles. The predicted octanol–water partition coefficient (Wildman–Crippen LogP) is 5.08. The summed E-state index contributed by atoms with van der Waals surface area (Å²) in [6, 6.07) is 5.16. The molecule has 0 bridgehead atoms. The molecule has 0 saturated heterocycles. The topological polar surface area (TPSA) is 35.0 Å². The molecule has 2 rings (SSSR count). The van der Waals surface area contributed by atoms with E-state index in [0.717, 1.165) is 0 Å². The van der Waals surface area contributed by atoms with Crippen LogP contribution in [-0.2, 0) is 5.88 Å². The Morgan fingerprint density at radius 3 is 2.67 bits per heavy atom. The molecule has 94 valence electrons. The maximum atomic E-state index is 5.91. The third-order valence-electron chi connectivity index (χ3n) is 2.09. The highest BCUT2D eigenvalue weighted by molar-refractivity contribution is 9.10. The number of nitrogens with zero attached hydrogens (tertiary/aromatic N) is 2. The molecule has 7 heteroatoms. The number of halogens is 4. The first-order chi connectivity index (χ1) is 8.61. The van der Waals surface area contributed by atoms with Gasteiger partial charge in [0.05, 0.1) is 15.9 Å². The highest BCUT2D eigenvalue weighted by Crippen LogP contribution is 2.34. The van der Waals surface area contributed by atoms with Gasteiger partial charge < -0.3 is 4.74 Å². The van der Waals surface area contributed by atoms with E-state index in [9.17, 15) is 0 Å². The molecule has 0 spiro atoms. The molecule has 0 unspecified atom stereocenters. The van der Waals surface area contributed by atoms with Crippen molar-refractivity contribution in [2.24, 2.45) is 0 Å². The molecule has 2 aromatic rings. The first-order valence-corrected chi connectivity index (χ1v) is 6.88. The van der Waals surface area contributed by atoms with E-state index < -0.39 is 0 Å². The second-order valence-electron chi connectivity index (χ2n) is 3.26. The molecule has 1 aromatic heterocycles. The standard InChI is InChI=1S/C11H6BrCl3N2O/c12-8-3-6(14)1-2-9(8)18-11-7(4-13)10(15)16-5-17-11/h1-3,5H,4H2. The van der Waals surface area contributed by atoms with Crippen LogP contribution in [0.5, 0.6) is 11.6 Å². The molecular formula is C11H6BrCl3N2O. The van der Waals surface area contributed by atoms with Crippen molar-refractivity contribution in [2.75, 3.05) is 0 Å². The Hall–Kier alpha value is -0.550. The molecule has 0 atom stereocenters. The number of aromatic nitrogens is 2. The molecule has 1 heterocycles. The van der Waals surface area contributed by atoms with Gasteiger partial charge in [-0.25, -0.2) is 9.97 Å². The van der Waals surface area contributed by atoms with Crippen molar-refractivity contribution in [1.82, 2.24) is 9.97 Å². The molecule has 0 radical (unpaired) electrons. The van der Waals surface area contributed by atoms with E-state index in [1.54, 1.807) is 18.2 Å². The summed E-state index contributed by atoms with van der Waals surface area (Å²) in [5.74, 6) is 1.06. The first-order valence-electron chi connectivity index (χ1n) is 4.80. The van der Waals surface area contributed by atoms with Gasteiger partial charge in [0.1, 0.15) is 17.2 Å². The van der Waals surface area contributed by atoms with Gasteiger partial charge in [0.25, 0.3) is 0 Å². The summed E-state index contributed by atoms with van der Waals surface area (Å²) in [7, 11) is 0. The van der Waals surface area contributed by atoms with Gasteiger partial charge in [0, 0.05) is 5.02 Å². The maximum Gasteiger partial charge on any atom is 0.228 e. The van der Waals surface area contributed by atoms with E-state index in [1.807, 2.05) is 0 Å². The number of ether oxygens (including phenoxy) is 1. The van der Waals surface area contributed by atoms with Crippen LogP contribution >= 0.6 is 50.7 Å². The number of rotatable bonds is 3. The third-order valence-corrected chi connectivity index (χ3v) is 3.54. The quantitative estimate of drug-likeness (QED) is 0.560. The summed E-state index contributed by atoms with van der Waals surface area (Å²) >= 11 is 20.9. The zero-order chi connectivity index (χ0) is 13.1. The van der Waals surface area contributed by atoms with Crippen LogP contribution in [0, 0.1) is 0 Å². The Balaban J connectivity index is 2.37. The first kappa shape index (κ1) is 13.9. The van der Waals surface area contributed by atoms with Crippen LogP contribution in [-0.4, -0.2) is 9.97 Å². The van der Waals surface area contributed by atoms with Crippen LogP contribution in [0.15, 0.2) is 29.0 Å². The summed E-state index contributed by atoms with van der Waals surface area (Å²) in [5, 5.41) is 0.882. The average molecular weight is 368 g/mol. The second-order valence-corrected chi connectivity index (χ2v) is 5.17. The van der Waals surface area contributed by atoms with Crippen LogP contribution in [0.25, 0.3) is 0 Å². The maximum absolute atomic E-state index is 5.91. The monoisotopic (exact) mass is 366 g/mol. The Bertz CT molecular complexity index is 580. The van der Waals surface area contributed by atoms with Crippen LogP contribution in [0.4, 0.5) is 0 Å². The fourth-order valence-electron chi connectivity index (χ4n) is 1.24. The van der Waals surface area contributed by atoms with Crippen molar-refractivity contribution in [2.45, 2.75) is 5.88 Å². The summed E-state index contributed by atoms with van der Waals surface area (Å²) in [6.45, 7) is 0. The van der Waals surface area contributed by atoms with E-state index >= 15 is 0 Å².